The smallest absolute Gasteiger partial charge is 0.338 e. The number of amides is 2. The molecule has 0 aliphatic carbocycles. The van der Waals surface area contributed by atoms with Gasteiger partial charge < -0.3 is 9.88 Å². The Kier molecular flexibility index (Phi) is 5.16. The lowest BCUT2D eigenvalue weighted by molar-refractivity contribution is -0.141. The molecule has 2 aromatic rings. The Morgan fingerprint density at radius 1 is 1.41 bits per heavy atom. The maximum absolute atomic E-state index is 12.8. The monoisotopic (exact) mass is 384 g/mol. The second-order valence-corrected chi connectivity index (χ2v) is 7.10. The van der Waals surface area contributed by atoms with E-state index in [4.69, 9.17) is 0 Å². The van der Waals surface area contributed by atoms with E-state index in [2.05, 4.69) is 20.4 Å². The summed E-state index contributed by atoms with van der Waals surface area (Å²) in [4.78, 5) is 20.4. The average Bonchev–Trinajstić information content (AvgIpc) is 3.21. The van der Waals surface area contributed by atoms with Crippen molar-refractivity contribution in [1.82, 2.24) is 24.6 Å². The van der Waals surface area contributed by atoms with E-state index in [0.29, 0.717) is 31.7 Å². The second-order valence-electron chi connectivity index (χ2n) is 7.10. The van der Waals surface area contributed by atoms with Crippen LogP contribution in [0.3, 0.4) is 0 Å². The SMILES string of the molecule is Cc1cc(NC(=O)N2CCCC(c3ncc(C(F)(F)F)[nH]3)C2)nn1C(C)C. The number of carbonyl (C=O) groups is 1. The molecular weight excluding hydrogens is 361 g/mol. The van der Waals surface area contributed by atoms with Crippen molar-refractivity contribution in [2.24, 2.45) is 0 Å². The van der Waals surface area contributed by atoms with Crippen molar-refractivity contribution < 1.29 is 18.0 Å². The fourth-order valence-electron chi connectivity index (χ4n) is 3.33. The number of halogens is 3. The van der Waals surface area contributed by atoms with E-state index in [1.54, 1.807) is 11.0 Å². The van der Waals surface area contributed by atoms with Gasteiger partial charge in [0.2, 0.25) is 0 Å². The number of alkyl halides is 3. The fraction of sp³-hybridized carbons (Fsp3) is 0.588. The van der Waals surface area contributed by atoms with Gasteiger partial charge in [-0.05, 0) is 33.6 Å². The molecule has 1 aliphatic rings. The number of imidazole rings is 1. The number of likely N-dealkylation sites (tertiary alicyclic amines) is 1. The molecule has 0 saturated carbocycles. The predicted octanol–water partition coefficient (Wildman–Crippen LogP) is 3.93. The van der Waals surface area contributed by atoms with Gasteiger partial charge in [0.05, 0.1) is 6.20 Å². The first-order chi connectivity index (χ1) is 12.6. The van der Waals surface area contributed by atoms with E-state index in [0.717, 1.165) is 11.9 Å². The Bertz CT molecular complexity index is 810. The first-order valence-corrected chi connectivity index (χ1v) is 8.89. The molecule has 0 radical (unpaired) electrons. The summed E-state index contributed by atoms with van der Waals surface area (Å²) in [5, 5.41) is 7.14. The third-order valence-corrected chi connectivity index (χ3v) is 4.64. The molecule has 148 valence electrons. The molecule has 1 atom stereocenters. The Hall–Kier alpha value is -2.52. The topological polar surface area (TPSA) is 78.8 Å². The van der Waals surface area contributed by atoms with E-state index in [1.165, 1.54) is 0 Å². The molecule has 2 aromatic heterocycles. The van der Waals surface area contributed by atoms with Gasteiger partial charge in [-0.2, -0.15) is 18.3 Å². The number of H-pyrrole nitrogens is 1. The molecule has 2 amide bonds. The summed E-state index contributed by atoms with van der Waals surface area (Å²) < 4.78 is 40.1. The molecular formula is C17H23F3N6O. The molecule has 10 heteroatoms. The van der Waals surface area contributed by atoms with Crippen LogP contribution in [0.5, 0.6) is 0 Å². The van der Waals surface area contributed by atoms with Gasteiger partial charge in [0.1, 0.15) is 11.5 Å². The largest absolute Gasteiger partial charge is 0.432 e. The van der Waals surface area contributed by atoms with Crippen molar-refractivity contribution in [1.29, 1.82) is 0 Å². The number of hydrogen-bond donors (Lipinski definition) is 2. The number of aromatic nitrogens is 4. The number of piperidine rings is 1. The van der Waals surface area contributed by atoms with E-state index in [1.807, 2.05) is 25.5 Å². The summed E-state index contributed by atoms with van der Waals surface area (Å²) in [6.45, 7) is 6.76. The van der Waals surface area contributed by atoms with Crippen molar-refractivity contribution in [2.45, 2.75) is 51.7 Å². The zero-order valence-corrected chi connectivity index (χ0v) is 15.5. The Morgan fingerprint density at radius 2 is 2.15 bits per heavy atom. The van der Waals surface area contributed by atoms with Crippen LogP contribution in [0, 0.1) is 6.92 Å². The number of nitrogens with one attached hydrogen (secondary N) is 2. The molecule has 3 rings (SSSR count). The van der Waals surface area contributed by atoms with Gasteiger partial charge >= 0.3 is 12.2 Å². The lowest BCUT2D eigenvalue weighted by Gasteiger charge is -2.31. The highest BCUT2D eigenvalue weighted by Gasteiger charge is 2.35. The van der Waals surface area contributed by atoms with Crippen LogP contribution in [0.4, 0.5) is 23.8 Å². The summed E-state index contributed by atoms with van der Waals surface area (Å²) in [7, 11) is 0. The maximum Gasteiger partial charge on any atom is 0.432 e. The minimum atomic E-state index is -4.45. The molecule has 2 N–H and O–H groups in total. The highest BCUT2D eigenvalue weighted by molar-refractivity contribution is 5.88. The number of aromatic amines is 1. The molecule has 0 spiro atoms. The van der Waals surface area contributed by atoms with Gasteiger partial charge in [-0.1, -0.05) is 0 Å². The molecule has 1 fully saturated rings. The third kappa shape index (κ3) is 4.25. The van der Waals surface area contributed by atoms with Crippen LogP contribution < -0.4 is 5.32 Å². The maximum atomic E-state index is 12.8. The molecule has 1 saturated heterocycles. The van der Waals surface area contributed by atoms with E-state index in [-0.39, 0.29) is 23.8 Å². The van der Waals surface area contributed by atoms with Crippen molar-refractivity contribution >= 4 is 11.8 Å². The number of aryl methyl sites for hydroxylation is 1. The first kappa shape index (κ1) is 19.2. The van der Waals surface area contributed by atoms with Crippen molar-refractivity contribution in [3.05, 3.63) is 29.5 Å². The average molecular weight is 384 g/mol. The minimum absolute atomic E-state index is 0.178. The second kappa shape index (κ2) is 7.24. The van der Waals surface area contributed by atoms with E-state index >= 15 is 0 Å². The standard InChI is InChI=1S/C17H23F3N6O/c1-10(2)26-11(3)7-14(24-26)23-16(27)25-6-4-5-12(9-25)15-21-8-13(22-15)17(18,19)20/h7-8,10,12H,4-6,9H2,1-3H3,(H,21,22)(H,23,24,27). The Labute approximate surface area is 155 Å². The van der Waals surface area contributed by atoms with Crippen LogP contribution in [0.2, 0.25) is 0 Å². The number of nitrogens with zero attached hydrogens (tertiary/aromatic N) is 4. The van der Waals surface area contributed by atoms with Crippen molar-refractivity contribution in [3.63, 3.8) is 0 Å². The highest BCUT2D eigenvalue weighted by Crippen LogP contribution is 2.31. The highest BCUT2D eigenvalue weighted by atomic mass is 19.4. The number of rotatable bonds is 3. The Morgan fingerprint density at radius 3 is 2.74 bits per heavy atom. The van der Waals surface area contributed by atoms with Gasteiger partial charge in [0.25, 0.3) is 0 Å². The third-order valence-electron chi connectivity index (χ3n) is 4.64. The van der Waals surface area contributed by atoms with Crippen molar-refractivity contribution in [2.75, 3.05) is 18.4 Å². The number of carbonyl (C=O) groups excluding carboxylic acids is 1. The van der Waals surface area contributed by atoms with Gasteiger partial charge in [-0.15, -0.1) is 0 Å². The lowest BCUT2D eigenvalue weighted by atomic mass is 9.97. The zero-order chi connectivity index (χ0) is 19.8. The van der Waals surface area contributed by atoms with E-state index in [9.17, 15) is 18.0 Å². The van der Waals surface area contributed by atoms with Crippen LogP contribution in [0.15, 0.2) is 12.3 Å². The molecule has 3 heterocycles. The van der Waals surface area contributed by atoms with Gasteiger partial charge in [-0.25, -0.2) is 9.78 Å². The summed E-state index contributed by atoms with van der Waals surface area (Å²) in [6.07, 6.45) is -2.28. The summed E-state index contributed by atoms with van der Waals surface area (Å²) in [5.74, 6) is 0.473. The van der Waals surface area contributed by atoms with Gasteiger partial charge in [-0.3, -0.25) is 10.00 Å². The molecule has 0 aromatic carbocycles. The zero-order valence-electron chi connectivity index (χ0n) is 15.5. The van der Waals surface area contributed by atoms with Crippen molar-refractivity contribution in [3.8, 4) is 0 Å². The van der Waals surface area contributed by atoms with Crippen LogP contribution in [0.25, 0.3) is 0 Å². The van der Waals surface area contributed by atoms with Gasteiger partial charge in [0, 0.05) is 36.8 Å². The minimum Gasteiger partial charge on any atom is -0.338 e. The quantitative estimate of drug-likeness (QED) is 0.842. The normalized spacial score (nSPS) is 18.2. The summed E-state index contributed by atoms with van der Waals surface area (Å²) >= 11 is 0. The number of urea groups is 1. The number of anilines is 1. The summed E-state index contributed by atoms with van der Waals surface area (Å²) in [6, 6.07) is 1.66. The van der Waals surface area contributed by atoms with Gasteiger partial charge in [0.15, 0.2) is 5.82 Å². The lowest BCUT2D eigenvalue weighted by Crippen LogP contribution is -2.42. The molecule has 1 aliphatic heterocycles. The summed E-state index contributed by atoms with van der Waals surface area (Å²) in [5.41, 5.74) is 0.0702. The fourth-order valence-corrected chi connectivity index (χ4v) is 3.33. The van der Waals surface area contributed by atoms with Crippen LogP contribution in [-0.2, 0) is 6.18 Å². The predicted molar refractivity (Wildman–Crippen MR) is 93.5 cm³/mol. The van der Waals surface area contributed by atoms with Crippen LogP contribution >= 0.6 is 0 Å². The molecule has 7 nitrogen and oxygen atoms in total. The van der Waals surface area contributed by atoms with E-state index < -0.39 is 11.9 Å². The van der Waals surface area contributed by atoms with Crippen LogP contribution in [0.1, 0.15) is 55.9 Å². The van der Waals surface area contributed by atoms with Crippen LogP contribution in [-0.4, -0.2) is 43.8 Å². The number of hydrogen-bond acceptors (Lipinski definition) is 3. The Balaban J connectivity index is 1.66. The molecule has 0 bridgehead atoms. The molecule has 1 unspecified atom stereocenters. The molecule has 27 heavy (non-hydrogen) atoms. The first-order valence-electron chi connectivity index (χ1n) is 8.89.